The van der Waals surface area contributed by atoms with Gasteiger partial charge in [0.1, 0.15) is 0 Å². The molecule has 0 aliphatic carbocycles. The van der Waals surface area contributed by atoms with Crippen LogP contribution in [0.15, 0.2) is 41.1 Å². The van der Waals surface area contributed by atoms with Gasteiger partial charge < -0.3 is 4.52 Å². The molecule has 0 unspecified atom stereocenters. The third-order valence-corrected chi connectivity index (χ3v) is 1.58. The summed E-state index contributed by atoms with van der Waals surface area (Å²) in [7, 11) is 0. The van der Waals surface area contributed by atoms with Gasteiger partial charge in [-0.25, -0.2) is 0 Å². The van der Waals surface area contributed by atoms with Gasteiger partial charge in [0.15, 0.2) is 11.5 Å². The quantitative estimate of drug-likeness (QED) is 0.643. The fraction of sp³-hybridized carbons (Fsp3) is 0. The van der Waals surface area contributed by atoms with Crippen LogP contribution in [0.4, 0.5) is 0 Å². The van der Waals surface area contributed by atoms with Gasteiger partial charge >= 0.3 is 0 Å². The van der Waals surface area contributed by atoms with Crippen LogP contribution in [-0.2, 0) is 5.11 Å². The molecule has 0 atom stereocenters. The number of aromatic nitrogens is 1. The van der Waals surface area contributed by atoms with Crippen LogP contribution < -0.4 is 0 Å². The van der Waals surface area contributed by atoms with Crippen LogP contribution in [0, 0.1) is 0 Å². The zero-order chi connectivity index (χ0) is 8.39. The third kappa shape index (κ3) is 1.16. The van der Waals surface area contributed by atoms with Crippen molar-refractivity contribution in [3.05, 3.63) is 36.5 Å². The Morgan fingerprint density at radius 3 is 2.42 bits per heavy atom. The van der Waals surface area contributed by atoms with E-state index in [4.69, 9.17) is 4.52 Å². The van der Waals surface area contributed by atoms with E-state index in [0.29, 0.717) is 5.76 Å². The average Bonchev–Trinajstić information content (AvgIpc) is 2.58. The molecule has 1 aromatic carbocycles. The van der Waals surface area contributed by atoms with E-state index in [1.54, 1.807) is 24.4 Å². The predicted octanol–water partition coefficient (Wildman–Crippen LogP) is 2.49. The largest absolute Gasteiger partial charge is 0.356 e. The molecular weight excluding hydrogens is 154 g/mol. The van der Waals surface area contributed by atoms with E-state index in [2.05, 4.69) is 5.16 Å². The Labute approximate surface area is 69.2 Å². The van der Waals surface area contributed by atoms with E-state index in [1.807, 2.05) is 0 Å². The summed E-state index contributed by atoms with van der Waals surface area (Å²) in [5, 5.41) is 14.3. The molecule has 0 fully saturated rings. The normalized spacial score (nSPS) is 10.0. The monoisotopic (exact) mass is 160 g/mol. The minimum Gasteiger partial charge on any atom is -0.356 e. The zero-order valence-corrected chi connectivity index (χ0v) is 6.23. The van der Waals surface area contributed by atoms with Gasteiger partial charge in [0.2, 0.25) is 0 Å². The molecule has 0 saturated heterocycles. The standard InChI is InChI=1S/C9H6NO2/c11-8-3-1-7(2-4-8)9-5-6-10-12-9/h1-6H. The Kier molecular flexibility index (Phi) is 1.55. The van der Waals surface area contributed by atoms with Crippen LogP contribution in [0.2, 0.25) is 0 Å². The average molecular weight is 160 g/mol. The molecule has 0 aliphatic rings. The fourth-order valence-electron chi connectivity index (χ4n) is 0.984. The first kappa shape index (κ1) is 6.91. The van der Waals surface area contributed by atoms with E-state index < -0.39 is 0 Å². The Bertz CT molecular complexity index is 351. The summed E-state index contributed by atoms with van der Waals surface area (Å²) >= 11 is 0. The molecule has 12 heavy (non-hydrogen) atoms. The highest BCUT2D eigenvalue weighted by Gasteiger charge is 2.00. The molecule has 59 valence electrons. The molecule has 2 aromatic rings. The van der Waals surface area contributed by atoms with Crippen molar-refractivity contribution in [2.45, 2.75) is 0 Å². The van der Waals surface area contributed by atoms with Gasteiger partial charge in [-0.1, -0.05) is 5.16 Å². The molecule has 0 spiro atoms. The van der Waals surface area contributed by atoms with Gasteiger partial charge in [-0.2, -0.15) is 0 Å². The summed E-state index contributed by atoms with van der Waals surface area (Å²) in [6, 6.07) is 8.17. The van der Waals surface area contributed by atoms with Crippen LogP contribution >= 0.6 is 0 Å². The van der Waals surface area contributed by atoms with Gasteiger partial charge in [0.05, 0.1) is 6.20 Å². The third-order valence-electron chi connectivity index (χ3n) is 1.58. The summed E-state index contributed by atoms with van der Waals surface area (Å²) in [4.78, 5) is 0. The summed E-state index contributed by atoms with van der Waals surface area (Å²) in [6.07, 6.45) is 1.57. The second-order valence-electron chi connectivity index (χ2n) is 2.40. The maximum atomic E-state index is 10.7. The lowest BCUT2D eigenvalue weighted by Crippen LogP contribution is -1.70. The van der Waals surface area contributed by atoms with Crippen molar-refractivity contribution in [1.29, 1.82) is 0 Å². The molecule has 1 heterocycles. The molecule has 2 rings (SSSR count). The van der Waals surface area contributed by atoms with E-state index in [9.17, 15) is 5.11 Å². The predicted molar refractivity (Wildman–Crippen MR) is 42.1 cm³/mol. The summed E-state index contributed by atoms with van der Waals surface area (Å²) in [6.45, 7) is 0. The highest BCUT2D eigenvalue weighted by atomic mass is 16.5. The summed E-state index contributed by atoms with van der Waals surface area (Å²) in [5.74, 6) is 0.674. The Morgan fingerprint density at radius 2 is 1.83 bits per heavy atom. The van der Waals surface area contributed by atoms with Crippen molar-refractivity contribution >= 4 is 0 Å². The molecule has 0 aliphatic heterocycles. The fourth-order valence-corrected chi connectivity index (χ4v) is 0.984. The van der Waals surface area contributed by atoms with Crippen molar-refractivity contribution in [1.82, 2.24) is 5.16 Å². The number of benzene rings is 1. The topological polar surface area (TPSA) is 45.9 Å². The van der Waals surface area contributed by atoms with E-state index >= 15 is 0 Å². The van der Waals surface area contributed by atoms with Gasteiger partial charge in [-0.05, 0) is 24.3 Å². The van der Waals surface area contributed by atoms with E-state index in [0.717, 1.165) is 5.56 Å². The molecule has 1 aromatic heterocycles. The number of rotatable bonds is 1. The van der Waals surface area contributed by atoms with Crippen molar-refractivity contribution in [3.63, 3.8) is 0 Å². The zero-order valence-electron chi connectivity index (χ0n) is 6.23. The minimum absolute atomic E-state index is 0.00161. The smallest absolute Gasteiger partial charge is 0.178 e. The molecule has 1 radical (unpaired) electrons. The second-order valence-corrected chi connectivity index (χ2v) is 2.40. The molecule has 0 amide bonds. The van der Waals surface area contributed by atoms with Crippen LogP contribution in [0.25, 0.3) is 11.3 Å². The lowest BCUT2D eigenvalue weighted by Gasteiger charge is -1.92. The Balaban J connectivity index is 2.43. The second kappa shape index (κ2) is 2.70. The molecule has 0 saturated carbocycles. The van der Waals surface area contributed by atoms with Gasteiger partial charge in [0, 0.05) is 11.6 Å². The molecular formula is C9H6NO2. The lowest BCUT2D eigenvalue weighted by molar-refractivity contribution is 0.355. The number of nitrogens with zero attached hydrogens (tertiary/aromatic N) is 1. The minimum atomic E-state index is -0.00161. The summed E-state index contributed by atoms with van der Waals surface area (Å²) < 4.78 is 4.91. The van der Waals surface area contributed by atoms with Crippen molar-refractivity contribution < 1.29 is 9.63 Å². The maximum absolute atomic E-state index is 10.7. The first-order valence-corrected chi connectivity index (χ1v) is 3.54. The Morgan fingerprint density at radius 1 is 1.08 bits per heavy atom. The van der Waals surface area contributed by atoms with Crippen LogP contribution in [0.1, 0.15) is 0 Å². The van der Waals surface area contributed by atoms with Gasteiger partial charge in [-0.3, -0.25) is 5.11 Å². The van der Waals surface area contributed by atoms with E-state index in [-0.39, 0.29) is 5.75 Å². The SMILES string of the molecule is [O]c1ccc(-c2ccno2)cc1. The van der Waals surface area contributed by atoms with Gasteiger partial charge in [0.25, 0.3) is 0 Å². The molecule has 3 nitrogen and oxygen atoms in total. The maximum Gasteiger partial charge on any atom is 0.178 e. The van der Waals surface area contributed by atoms with E-state index in [1.165, 1.54) is 12.1 Å². The van der Waals surface area contributed by atoms with Crippen LogP contribution in [0.3, 0.4) is 0 Å². The summed E-state index contributed by atoms with van der Waals surface area (Å²) in [5.41, 5.74) is 0.868. The van der Waals surface area contributed by atoms with Crippen molar-refractivity contribution in [2.75, 3.05) is 0 Å². The highest BCUT2D eigenvalue weighted by molar-refractivity contribution is 5.57. The first-order valence-electron chi connectivity index (χ1n) is 3.54. The van der Waals surface area contributed by atoms with Crippen molar-refractivity contribution in [2.24, 2.45) is 0 Å². The lowest BCUT2D eigenvalue weighted by atomic mass is 10.2. The first-order chi connectivity index (χ1) is 5.86. The van der Waals surface area contributed by atoms with Crippen LogP contribution in [0.5, 0.6) is 5.75 Å². The molecule has 3 heteroatoms. The highest BCUT2D eigenvalue weighted by Crippen LogP contribution is 2.20. The Hall–Kier alpha value is -1.77. The molecule has 0 N–H and O–H groups in total. The van der Waals surface area contributed by atoms with Crippen molar-refractivity contribution in [3.8, 4) is 17.1 Å². The number of hydrogen-bond acceptors (Lipinski definition) is 2. The van der Waals surface area contributed by atoms with Crippen LogP contribution in [-0.4, -0.2) is 5.16 Å². The number of hydrogen-bond donors (Lipinski definition) is 0. The molecule has 0 bridgehead atoms. The van der Waals surface area contributed by atoms with Gasteiger partial charge in [-0.15, -0.1) is 0 Å².